The van der Waals surface area contributed by atoms with Gasteiger partial charge in [0.15, 0.2) is 0 Å². The Bertz CT molecular complexity index is 423. The summed E-state index contributed by atoms with van der Waals surface area (Å²) in [7, 11) is 0. The third-order valence-corrected chi connectivity index (χ3v) is 4.01. The predicted molar refractivity (Wildman–Crippen MR) is 85.6 cm³/mol. The van der Waals surface area contributed by atoms with Gasteiger partial charge in [0.2, 0.25) is 0 Å². The quantitative estimate of drug-likeness (QED) is 0.896. The number of anilines is 1. The molecule has 1 aromatic rings. The zero-order valence-electron chi connectivity index (χ0n) is 13.1. The van der Waals surface area contributed by atoms with E-state index in [0.717, 1.165) is 44.7 Å². The Labute approximate surface area is 123 Å². The van der Waals surface area contributed by atoms with Gasteiger partial charge in [-0.25, -0.2) is 0 Å². The highest BCUT2D eigenvalue weighted by Gasteiger charge is 2.17. The van der Waals surface area contributed by atoms with Crippen molar-refractivity contribution in [1.82, 2.24) is 0 Å². The molecule has 1 aliphatic rings. The summed E-state index contributed by atoms with van der Waals surface area (Å²) in [4.78, 5) is 2.44. The highest BCUT2D eigenvalue weighted by atomic mass is 16.5. The normalized spacial score (nSPS) is 16.8. The van der Waals surface area contributed by atoms with E-state index in [2.05, 4.69) is 43.9 Å². The summed E-state index contributed by atoms with van der Waals surface area (Å²) in [6.45, 7) is 9.54. The van der Waals surface area contributed by atoms with Crippen LogP contribution in [0.2, 0.25) is 0 Å². The van der Waals surface area contributed by atoms with E-state index >= 15 is 0 Å². The molecule has 2 rings (SSSR count). The molecule has 0 atom stereocenters. The highest BCUT2D eigenvalue weighted by molar-refractivity contribution is 5.56. The smallest absolute Gasteiger partial charge is 0.119 e. The minimum Gasteiger partial charge on any atom is -0.494 e. The molecule has 20 heavy (non-hydrogen) atoms. The largest absolute Gasteiger partial charge is 0.494 e. The Morgan fingerprint density at radius 1 is 1.30 bits per heavy atom. The van der Waals surface area contributed by atoms with Gasteiger partial charge >= 0.3 is 0 Å². The van der Waals surface area contributed by atoms with E-state index in [1.807, 2.05) is 0 Å². The molecule has 0 saturated carbocycles. The molecule has 0 bridgehead atoms. The summed E-state index contributed by atoms with van der Waals surface area (Å²) in [5.74, 6) is 1.67. The third kappa shape index (κ3) is 4.14. The fourth-order valence-corrected chi connectivity index (χ4v) is 2.63. The zero-order valence-corrected chi connectivity index (χ0v) is 13.1. The van der Waals surface area contributed by atoms with Crippen molar-refractivity contribution in [3.63, 3.8) is 0 Å². The minimum absolute atomic E-state index is 0.380. The number of benzene rings is 1. The SMILES string of the molecule is Cc1cc(OCCC(C)C)ccc1N1CCC(N)CC1. The first-order chi connectivity index (χ1) is 9.56. The molecule has 1 aliphatic heterocycles. The van der Waals surface area contributed by atoms with Crippen molar-refractivity contribution in [3.05, 3.63) is 23.8 Å². The van der Waals surface area contributed by atoms with Crippen LogP contribution in [0.25, 0.3) is 0 Å². The van der Waals surface area contributed by atoms with Crippen LogP contribution in [0.1, 0.15) is 38.7 Å². The highest BCUT2D eigenvalue weighted by Crippen LogP contribution is 2.27. The zero-order chi connectivity index (χ0) is 14.5. The van der Waals surface area contributed by atoms with E-state index in [9.17, 15) is 0 Å². The summed E-state index contributed by atoms with van der Waals surface area (Å²) < 4.78 is 5.82. The monoisotopic (exact) mass is 276 g/mol. The average Bonchev–Trinajstić information content (AvgIpc) is 2.40. The van der Waals surface area contributed by atoms with E-state index < -0.39 is 0 Å². The summed E-state index contributed by atoms with van der Waals surface area (Å²) in [5, 5.41) is 0. The number of rotatable bonds is 5. The molecular weight excluding hydrogens is 248 g/mol. The summed E-state index contributed by atoms with van der Waals surface area (Å²) in [5.41, 5.74) is 8.59. The molecule has 0 aliphatic carbocycles. The van der Waals surface area contributed by atoms with Crippen molar-refractivity contribution in [2.24, 2.45) is 11.7 Å². The molecule has 112 valence electrons. The van der Waals surface area contributed by atoms with E-state index in [1.54, 1.807) is 0 Å². The first-order valence-corrected chi connectivity index (χ1v) is 7.80. The second-order valence-electron chi connectivity index (χ2n) is 6.30. The Morgan fingerprint density at radius 3 is 2.60 bits per heavy atom. The Morgan fingerprint density at radius 2 is 2.00 bits per heavy atom. The Balaban J connectivity index is 1.95. The summed E-state index contributed by atoms with van der Waals surface area (Å²) in [6, 6.07) is 6.82. The Kier molecular flexibility index (Phi) is 5.30. The maximum atomic E-state index is 5.97. The minimum atomic E-state index is 0.380. The van der Waals surface area contributed by atoms with Gasteiger partial charge in [0.25, 0.3) is 0 Å². The van der Waals surface area contributed by atoms with Crippen molar-refractivity contribution >= 4 is 5.69 Å². The van der Waals surface area contributed by atoms with Crippen LogP contribution in [0, 0.1) is 12.8 Å². The molecule has 0 aromatic heterocycles. The predicted octanol–water partition coefficient (Wildman–Crippen LogP) is 3.35. The van der Waals surface area contributed by atoms with Gasteiger partial charge < -0.3 is 15.4 Å². The molecule has 3 nitrogen and oxygen atoms in total. The van der Waals surface area contributed by atoms with Crippen LogP contribution in [0.3, 0.4) is 0 Å². The van der Waals surface area contributed by atoms with Gasteiger partial charge in [0.05, 0.1) is 6.61 Å². The lowest BCUT2D eigenvalue weighted by Crippen LogP contribution is -2.39. The second-order valence-corrected chi connectivity index (χ2v) is 6.30. The average molecular weight is 276 g/mol. The number of hydrogen-bond acceptors (Lipinski definition) is 3. The van der Waals surface area contributed by atoms with E-state index in [1.165, 1.54) is 11.3 Å². The first kappa shape index (κ1) is 15.2. The van der Waals surface area contributed by atoms with E-state index in [-0.39, 0.29) is 0 Å². The lowest BCUT2D eigenvalue weighted by Gasteiger charge is -2.33. The molecule has 3 heteroatoms. The van der Waals surface area contributed by atoms with Crippen LogP contribution in [0.5, 0.6) is 5.75 Å². The van der Waals surface area contributed by atoms with Gasteiger partial charge in [-0.05, 0) is 55.9 Å². The number of aryl methyl sites for hydroxylation is 1. The van der Waals surface area contributed by atoms with Crippen LogP contribution < -0.4 is 15.4 Å². The standard InChI is InChI=1S/C17H28N2O/c1-13(2)8-11-20-16-4-5-17(14(3)12-16)19-9-6-15(18)7-10-19/h4-5,12-13,15H,6-11,18H2,1-3H3. The second kappa shape index (κ2) is 6.98. The molecular formula is C17H28N2O. The van der Waals surface area contributed by atoms with Crippen LogP contribution >= 0.6 is 0 Å². The molecule has 1 fully saturated rings. The molecule has 1 aromatic carbocycles. The molecule has 0 radical (unpaired) electrons. The number of hydrogen-bond donors (Lipinski definition) is 1. The fraction of sp³-hybridized carbons (Fsp3) is 0.647. The van der Waals surface area contributed by atoms with Crippen LogP contribution in [-0.4, -0.2) is 25.7 Å². The lowest BCUT2D eigenvalue weighted by atomic mass is 10.0. The number of nitrogens with zero attached hydrogens (tertiary/aromatic N) is 1. The maximum absolute atomic E-state index is 5.97. The van der Waals surface area contributed by atoms with Crippen molar-refractivity contribution in [1.29, 1.82) is 0 Å². The molecule has 0 spiro atoms. The first-order valence-electron chi connectivity index (χ1n) is 7.80. The molecule has 0 amide bonds. The third-order valence-electron chi connectivity index (χ3n) is 4.01. The molecule has 0 unspecified atom stereocenters. The topological polar surface area (TPSA) is 38.5 Å². The fourth-order valence-electron chi connectivity index (χ4n) is 2.63. The lowest BCUT2D eigenvalue weighted by molar-refractivity contribution is 0.289. The number of nitrogens with two attached hydrogens (primary N) is 1. The van der Waals surface area contributed by atoms with Crippen LogP contribution in [0.15, 0.2) is 18.2 Å². The van der Waals surface area contributed by atoms with Crippen molar-refractivity contribution in [3.8, 4) is 5.75 Å². The van der Waals surface area contributed by atoms with Crippen molar-refractivity contribution in [2.45, 2.75) is 46.1 Å². The number of ether oxygens (including phenoxy) is 1. The summed E-state index contributed by atoms with van der Waals surface area (Å²) >= 11 is 0. The van der Waals surface area contributed by atoms with Crippen molar-refractivity contribution < 1.29 is 4.74 Å². The van der Waals surface area contributed by atoms with Gasteiger partial charge in [0.1, 0.15) is 5.75 Å². The van der Waals surface area contributed by atoms with Crippen molar-refractivity contribution in [2.75, 3.05) is 24.6 Å². The molecule has 1 heterocycles. The van der Waals surface area contributed by atoms with Gasteiger partial charge in [0, 0.05) is 24.8 Å². The van der Waals surface area contributed by atoms with Gasteiger partial charge in [-0.2, -0.15) is 0 Å². The van der Waals surface area contributed by atoms with E-state index in [0.29, 0.717) is 12.0 Å². The molecule has 1 saturated heterocycles. The van der Waals surface area contributed by atoms with Gasteiger partial charge in [-0.15, -0.1) is 0 Å². The van der Waals surface area contributed by atoms with Gasteiger partial charge in [-0.1, -0.05) is 13.8 Å². The summed E-state index contributed by atoms with van der Waals surface area (Å²) in [6.07, 6.45) is 3.28. The van der Waals surface area contributed by atoms with Crippen LogP contribution in [0.4, 0.5) is 5.69 Å². The van der Waals surface area contributed by atoms with Gasteiger partial charge in [-0.3, -0.25) is 0 Å². The number of piperidine rings is 1. The molecule has 2 N–H and O–H groups in total. The van der Waals surface area contributed by atoms with E-state index in [4.69, 9.17) is 10.5 Å². The Hall–Kier alpha value is -1.22. The van der Waals surface area contributed by atoms with Crippen LogP contribution in [-0.2, 0) is 0 Å². The maximum Gasteiger partial charge on any atom is 0.119 e.